The zero-order chi connectivity index (χ0) is 13.8. The average Bonchev–Trinajstić information content (AvgIpc) is 2.22. The number of alkyl halides is 3. The second-order valence-electron chi connectivity index (χ2n) is 3.71. The maximum atomic E-state index is 11.9. The zero-order valence-corrected chi connectivity index (χ0v) is 10.5. The summed E-state index contributed by atoms with van der Waals surface area (Å²) >= 11 is -0.0876. The Morgan fingerprint density at radius 2 is 2.00 bits per heavy atom. The largest absolute Gasteiger partial charge is 0.508 e. The number of phenolic OH excluding ortho intramolecular Hbond substituents is 2. The fourth-order valence-corrected chi connectivity index (χ4v) is 1.90. The lowest BCUT2D eigenvalue weighted by molar-refractivity contribution is -0.0327. The smallest absolute Gasteiger partial charge is 0.441 e. The lowest BCUT2D eigenvalue weighted by Crippen LogP contribution is -2.22. The number of hydrogen-bond acceptors (Lipinski definition) is 4. The first kappa shape index (κ1) is 15.0. The summed E-state index contributed by atoms with van der Waals surface area (Å²) in [4.78, 5) is 0. The molecule has 0 aromatic heterocycles. The molecule has 3 nitrogen and oxygen atoms in total. The van der Waals surface area contributed by atoms with Crippen LogP contribution in [0.1, 0.15) is 18.5 Å². The lowest BCUT2D eigenvalue weighted by atomic mass is 10.1. The van der Waals surface area contributed by atoms with E-state index in [1.54, 1.807) is 6.92 Å². The summed E-state index contributed by atoms with van der Waals surface area (Å²) in [5.74, 6) is -0.235. The van der Waals surface area contributed by atoms with Gasteiger partial charge in [0.15, 0.2) is 0 Å². The summed E-state index contributed by atoms with van der Waals surface area (Å²) in [6.07, 6.45) is 0. The van der Waals surface area contributed by atoms with Crippen LogP contribution in [0.5, 0.6) is 11.5 Å². The van der Waals surface area contributed by atoms with Gasteiger partial charge in [-0.1, -0.05) is 6.07 Å². The molecule has 0 spiro atoms. The van der Waals surface area contributed by atoms with Crippen molar-refractivity contribution in [1.29, 1.82) is 0 Å². The van der Waals surface area contributed by atoms with Crippen molar-refractivity contribution in [1.82, 2.24) is 5.32 Å². The molecule has 0 amide bonds. The second kappa shape index (κ2) is 6.19. The van der Waals surface area contributed by atoms with Crippen LogP contribution in [0.2, 0.25) is 0 Å². The normalized spacial score (nSPS) is 13.6. The van der Waals surface area contributed by atoms with Gasteiger partial charge in [0.2, 0.25) is 0 Å². The molecule has 102 valence electrons. The number of thioether (sulfide) groups is 1. The third-order valence-electron chi connectivity index (χ3n) is 2.30. The minimum absolute atomic E-state index is 0.0592. The zero-order valence-electron chi connectivity index (χ0n) is 9.66. The van der Waals surface area contributed by atoms with Crippen LogP contribution in [-0.2, 0) is 0 Å². The molecule has 1 aromatic carbocycles. The fraction of sp³-hybridized carbons (Fsp3) is 0.455. The number of hydrogen-bond donors (Lipinski definition) is 3. The molecule has 1 rings (SSSR count). The molecule has 3 N–H and O–H groups in total. The van der Waals surface area contributed by atoms with Gasteiger partial charge in [-0.25, -0.2) is 0 Å². The van der Waals surface area contributed by atoms with Crippen molar-refractivity contribution in [2.75, 3.05) is 12.3 Å². The van der Waals surface area contributed by atoms with Crippen molar-refractivity contribution >= 4 is 11.8 Å². The monoisotopic (exact) mass is 281 g/mol. The highest BCUT2D eigenvalue weighted by molar-refractivity contribution is 8.00. The molecule has 0 saturated heterocycles. The number of benzene rings is 1. The Balaban J connectivity index is 2.43. The summed E-state index contributed by atoms with van der Waals surface area (Å²) in [5, 5.41) is 21.5. The van der Waals surface area contributed by atoms with E-state index in [0.717, 1.165) is 0 Å². The molecular formula is C11H14F3NO2S. The van der Waals surface area contributed by atoms with E-state index in [2.05, 4.69) is 5.32 Å². The molecule has 0 fully saturated rings. The van der Waals surface area contributed by atoms with Crippen LogP contribution in [-0.4, -0.2) is 28.0 Å². The number of aromatic hydroxyl groups is 2. The topological polar surface area (TPSA) is 52.5 Å². The molecule has 0 aliphatic heterocycles. The first-order valence-corrected chi connectivity index (χ1v) is 6.24. The first-order chi connectivity index (χ1) is 8.29. The molecule has 0 saturated carbocycles. The molecule has 1 aromatic rings. The van der Waals surface area contributed by atoms with Crippen LogP contribution in [0, 0.1) is 0 Å². The number of phenols is 2. The van der Waals surface area contributed by atoms with Gasteiger partial charge in [-0.2, -0.15) is 13.2 Å². The van der Waals surface area contributed by atoms with Crippen molar-refractivity contribution in [2.24, 2.45) is 0 Å². The number of rotatable bonds is 5. The van der Waals surface area contributed by atoms with Gasteiger partial charge in [-0.3, -0.25) is 0 Å². The molecule has 0 bridgehead atoms. The van der Waals surface area contributed by atoms with Crippen LogP contribution in [0.15, 0.2) is 18.2 Å². The standard InChI is InChI=1S/C11H14F3NO2S/c1-7(15-4-5-18-11(12,13)14)9-3-2-8(16)6-10(9)17/h2-3,6-7,15-17H,4-5H2,1H3. The molecular weight excluding hydrogens is 267 g/mol. The summed E-state index contributed by atoms with van der Waals surface area (Å²) in [7, 11) is 0. The highest BCUT2D eigenvalue weighted by Gasteiger charge is 2.27. The minimum Gasteiger partial charge on any atom is -0.508 e. The SMILES string of the molecule is CC(NCCSC(F)(F)F)c1ccc(O)cc1O. The molecule has 1 atom stereocenters. The maximum Gasteiger partial charge on any atom is 0.441 e. The van der Waals surface area contributed by atoms with E-state index in [1.807, 2.05) is 0 Å². The van der Waals surface area contributed by atoms with E-state index in [9.17, 15) is 18.3 Å². The Hall–Kier alpha value is -1.08. The summed E-state index contributed by atoms with van der Waals surface area (Å²) in [6.45, 7) is 1.90. The van der Waals surface area contributed by atoms with Gasteiger partial charge >= 0.3 is 5.51 Å². The van der Waals surface area contributed by atoms with Crippen LogP contribution in [0.4, 0.5) is 13.2 Å². The molecule has 0 radical (unpaired) electrons. The summed E-state index contributed by atoms with van der Waals surface area (Å²) in [6, 6.07) is 3.84. The second-order valence-corrected chi connectivity index (χ2v) is 4.87. The van der Waals surface area contributed by atoms with E-state index in [1.165, 1.54) is 18.2 Å². The summed E-state index contributed by atoms with van der Waals surface area (Å²) < 4.78 is 35.6. The third kappa shape index (κ3) is 5.05. The van der Waals surface area contributed by atoms with Crippen molar-refractivity contribution in [2.45, 2.75) is 18.5 Å². The van der Waals surface area contributed by atoms with Gasteiger partial charge < -0.3 is 15.5 Å². The maximum absolute atomic E-state index is 11.9. The fourth-order valence-electron chi connectivity index (χ4n) is 1.45. The average molecular weight is 281 g/mol. The summed E-state index contributed by atoms with van der Waals surface area (Å²) in [5.41, 5.74) is -3.68. The van der Waals surface area contributed by atoms with Gasteiger partial charge in [-0.15, -0.1) is 0 Å². The Bertz CT molecular complexity index is 398. The molecule has 0 aliphatic rings. The predicted octanol–water partition coefficient (Wildman–Crippen LogP) is 3.00. The number of nitrogens with one attached hydrogen (secondary N) is 1. The van der Waals surface area contributed by atoms with E-state index in [0.29, 0.717) is 5.56 Å². The van der Waals surface area contributed by atoms with Crippen molar-refractivity contribution < 1.29 is 23.4 Å². The van der Waals surface area contributed by atoms with Crippen molar-refractivity contribution in [3.05, 3.63) is 23.8 Å². The Morgan fingerprint density at radius 3 is 2.56 bits per heavy atom. The minimum atomic E-state index is -4.22. The van der Waals surface area contributed by atoms with Crippen LogP contribution < -0.4 is 5.32 Å². The van der Waals surface area contributed by atoms with Gasteiger partial charge in [0.05, 0.1) is 0 Å². The molecule has 7 heteroatoms. The van der Waals surface area contributed by atoms with E-state index in [4.69, 9.17) is 5.11 Å². The van der Waals surface area contributed by atoms with Crippen molar-refractivity contribution in [3.63, 3.8) is 0 Å². The van der Waals surface area contributed by atoms with E-state index < -0.39 is 5.51 Å². The Labute approximate surface area is 107 Å². The Morgan fingerprint density at radius 1 is 1.33 bits per heavy atom. The highest BCUT2D eigenvalue weighted by atomic mass is 32.2. The van der Waals surface area contributed by atoms with Gasteiger partial charge in [0.25, 0.3) is 0 Å². The van der Waals surface area contributed by atoms with Crippen LogP contribution in [0.3, 0.4) is 0 Å². The van der Waals surface area contributed by atoms with E-state index in [-0.39, 0.29) is 41.6 Å². The van der Waals surface area contributed by atoms with Gasteiger partial charge in [-0.05, 0) is 24.8 Å². The molecule has 1 unspecified atom stereocenters. The first-order valence-electron chi connectivity index (χ1n) is 5.25. The molecule has 18 heavy (non-hydrogen) atoms. The molecule has 0 aliphatic carbocycles. The van der Waals surface area contributed by atoms with Crippen molar-refractivity contribution in [3.8, 4) is 11.5 Å². The predicted molar refractivity (Wildman–Crippen MR) is 64.7 cm³/mol. The third-order valence-corrected chi connectivity index (χ3v) is 3.03. The van der Waals surface area contributed by atoms with Gasteiger partial charge in [0, 0.05) is 30.0 Å². The number of halogens is 3. The molecule has 0 heterocycles. The van der Waals surface area contributed by atoms with Crippen LogP contribution >= 0.6 is 11.8 Å². The Kier molecular flexibility index (Phi) is 5.15. The van der Waals surface area contributed by atoms with Crippen LogP contribution in [0.25, 0.3) is 0 Å². The highest BCUT2D eigenvalue weighted by Crippen LogP contribution is 2.30. The quantitative estimate of drug-likeness (QED) is 0.726. The van der Waals surface area contributed by atoms with E-state index >= 15 is 0 Å². The van der Waals surface area contributed by atoms with Gasteiger partial charge in [0.1, 0.15) is 11.5 Å². The lowest BCUT2D eigenvalue weighted by Gasteiger charge is -2.16.